The third-order valence-corrected chi connectivity index (χ3v) is 2.67. The van der Waals surface area contributed by atoms with Crippen LogP contribution in [-0.4, -0.2) is 17.6 Å². The molecule has 92 valence electrons. The minimum Gasteiger partial charge on any atom is -0.456 e. The molecule has 0 aromatic heterocycles. The van der Waals surface area contributed by atoms with Crippen molar-refractivity contribution in [3.05, 3.63) is 29.3 Å². The van der Waals surface area contributed by atoms with Gasteiger partial charge >= 0.3 is 5.97 Å². The number of anilines is 1. The van der Waals surface area contributed by atoms with Gasteiger partial charge in [0.2, 0.25) is 0 Å². The third kappa shape index (κ3) is 2.78. The van der Waals surface area contributed by atoms with Gasteiger partial charge in [-0.25, -0.2) is 4.79 Å². The number of benzene rings is 1. The number of carbonyl (C=O) groups is 1. The second-order valence-electron chi connectivity index (χ2n) is 5.62. The molecule has 17 heavy (non-hydrogen) atoms. The Labute approximate surface area is 102 Å². The summed E-state index contributed by atoms with van der Waals surface area (Å²) in [6, 6.07) is 6.15. The van der Waals surface area contributed by atoms with Crippen LogP contribution in [0.2, 0.25) is 0 Å². The van der Waals surface area contributed by atoms with Gasteiger partial charge in [-0.3, -0.25) is 0 Å². The molecule has 0 saturated carbocycles. The first-order chi connectivity index (χ1) is 7.85. The molecular formula is C14H19NO2. The van der Waals surface area contributed by atoms with Crippen molar-refractivity contribution in [3.63, 3.8) is 0 Å². The van der Waals surface area contributed by atoms with Gasteiger partial charge in [-0.15, -0.1) is 0 Å². The SMILES string of the molecule is C[C@H]1Cc2cc(C(=O)OC(C)(C)C)ccc2N1. The Morgan fingerprint density at radius 3 is 2.76 bits per heavy atom. The van der Waals surface area contributed by atoms with Gasteiger partial charge in [-0.2, -0.15) is 0 Å². The predicted molar refractivity (Wildman–Crippen MR) is 68.4 cm³/mol. The van der Waals surface area contributed by atoms with E-state index in [4.69, 9.17) is 4.74 Å². The van der Waals surface area contributed by atoms with Crippen molar-refractivity contribution in [2.24, 2.45) is 0 Å². The number of rotatable bonds is 1. The van der Waals surface area contributed by atoms with Crippen LogP contribution < -0.4 is 5.32 Å². The Hall–Kier alpha value is -1.51. The summed E-state index contributed by atoms with van der Waals surface area (Å²) < 4.78 is 5.35. The van der Waals surface area contributed by atoms with E-state index in [1.165, 1.54) is 5.56 Å². The summed E-state index contributed by atoms with van der Waals surface area (Å²) in [7, 11) is 0. The summed E-state index contributed by atoms with van der Waals surface area (Å²) in [4.78, 5) is 11.9. The molecule has 1 atom stereocenters. The molecule has 0 saturated heterocycles. The predicted octanol–water partition coefficient (Wildman–Crippen LogP) is 3.00. The molecule has 0 unspecified atom stereocenters. The van der Waals surface area contributed by atoms with Crippen LogP contribution in [0.3, 0.4) is 0 Å². The van der Waals surface area contributed by atoms with E-state index in [2.05, 4.69) is 12.2 Å². The average molecular weight is 233 g/mol. The maximum Gasteiger partial charge on any atom is 0.338 e. The zero-order valence-electron chi connectivity index (χ0n) is 10.8. The maximum atomic E-state index is 11.9. The van der Waals surface area contributed by atoms with E-state index in [1.54, 1.807) is 0 Å². The standard InChI is InChI=1S/C14H19NO2/c1-9-7-11-8-10(5-6-12(11)15-9)13(16)17-14(2,3)4/h5-6,8-9,15H,7H2,1-4H3/t9-/m0/s1. The van der Waals surface area contributed by atoms with Crippen LogP contribution in [0.5, 0.6) is 0 Å². The molecule has 0 aliphatic carbocycles. The van der Waals surface area contributed by atoms with Crippen LogP contribution in [-0.2, 0) is 11.2 Å². The minimum atomic E-state index is -0.443. The topological polar surface area (TPSA) is 38.3 Å². The lowest BCUT2D eigenvalue weighted by molar-refractivity contribution is 0.00695. The van der Waals surface area contributed by atoms with Gasteiger partial charge in [0, 0.05) is 11.7 Å². The fourth-order valence-electron chi connectivity index (χ4n) is 2.01. The quantitative estimate of drug-likeness (QED) is 0.758. The first kappa shape index (κ1) is 12.0. The van der Waals surface area contributed by atoms with Gasteiger partial charge in [0.15, 0.2) is 0 Å². The van der Waals surface area contributed by atoms with Gasteiger partial charge in [0.05, 0.1) is 5.56 Å². The van der Waals surface area contributed by atoms with E-state index in [0.717, 1.165) is 12.1 Å². The van der Waals surface area contributed by atoms with Crippen molar-refractivity contribution in [1.82, 2.24) is 0 Å². The molecule has 3 nitrogen and oxygen atoms in total. The van der Waals surface area contributed by atoms with E-state index in [0.29, 0.717) is 11.6 Å². The van der Waals surface area contributed by atoms with E-state index < -0.39 is 5.60 Å². The van der Waals surface area contributed by atoms with Crippen molar-refractivity contribution in [2.75, 3.05) is 5.32 Å². The van der Waals surface area contributed by atoms with Crippen molar-refractivity contribution in [1.29, 1.82) is 0 Å². The zero-order valence-corrected chi connectivity index (χ0v) is 10.8. The third-order valence-electron chi connectivity index (χ3n) is 2.67. The minimum absolute atomic E-state index is 0.250. The van der Waals surface area contributed by atoms with Crippen molar-refractivity contribution in [2.45, 2.75) is 45.8 Å². The lowest BCUT2D eigenvalue weighted by atomic mass is 10.1. The van der Waals surface area contributed by atoms with Gasteiger partial charge < -0.3 is 10.1 Å². The molecule has 3 heteroatoms. The number of hydrogen-bond donors (Lipinski definition) is 1. The highest BCUT2D eigenvalue weighted by Crippen LogP contribution is 2.27. The van der Waals surface area contributed by atoms with Crippen LogP contribution in [0, 0.1) is 0 Å². The lowest BCUT2D eigenvalue weighted by Gasteiger charge is -2.19. The summed E-state index contributed by atoms with van der Waals surface area (Å²) in [6.07, 6.45) is 0.964. The van der Waals surface area contributed by atoms with Crippen molar-refractivity contribution >= 4 is 11.7 Å². The number of nitrogens with one attached hydrogen (secondary N) is 1. The molecule has 1 aliphatic rings. The Kier molecular flexibility index (Phi) is 2.86. The highest BCUT2D eigenvalue weighted by molar-refractivity contribution is 5.90. The first-order valence-electron chi connectivity index (χ1n) is 5.98. The molecule has 0 spiro atoms. The van der Waals surface area contributed by atoms with E-state index in [1.807, 2.05) is 39.0 Å². The summed E-state index contributed by atoms with van der Waals surface area (Å²) >= 11 is 0. The highest BCUT2D eigenvalue weighted by atomic mass is 16.6. The number of esters is 1. The van der Waals surface area contributed by atoms with Crippen LogP contribution in [0.25, 0.3) is 0 Å². The van der Waals surface area contributed by atoms with Crippen LogP contribution in [0.15, 0.2) is 18.2 Å². The smallest absolute Gasteiger partial charge is 0.338 e. The molecule has 1 aliphatic heterocycles. The molecule has 1 heterocycles. The normalized spacial score (nSPS) is 18.5. The van der Waals surface area contributed by atoms with Gasteiger partial charge in [-0.05, 0) is 57.9 Å². The first-order valence-corrected chi connectivity index (χ1v) is 5.98. The van der Waals surface area contributed by atoms with E-state index in [9.17, 15) is 4.79 Å². The van der Waals surface area contributed by atoms with Crippen LogP contribution in [0.1, 0.15) is 43.6 Å². The number of ether oxygens (including phenoxy) is 1. The maximum absolute atomic E-state index is 11.9. The largest absolute Gasteiger partial charge is 0.456 e. The second kappa shape index (κ2) is 4.06. The second-order valence-corrected chi connectivity index (χ2v) is 5.62. The molecular weight excluding hydrogens is 214 g/mol. The fourth-order valence-corrected chi connectivity index (χ4v) is 2.01. The highest BCUT2D eigenvalue weighted by Gasteiger charge is 2.21. The lowest BCUT2D eigenvalue weighted by Crippen LogP contribution is -2.23. The molecule has 1 aromatic rings. The summed E-state index contributed by atoms with van der Waals surface area (Å²) in [5.41, 5.74) is 2.52. The van der Waals surface area contributed by atoms with Gasteiger partial charge in [0.1, 0.15) is 5.60 Å². The van der Waals surface area contributed by atoms with Gasteiger partial charge in [-0.1, -0.05) is 0 Å². The fraction of sp³-hybridized carbons (Fsp3) is 0.500. The Morgan fingerprint density at radius 1 is 1.41 bits per heavy atom. The van der Waals surface area contributed by atoms with E-state index >= 15 is 0 Å². The average Bonchev–Trinajstić information content (AvgIpc) is 2.53. The number of carbonyl (C=O) groups excluding carboxylic acids is 1. The van der Waals surface area contributed by atoms with Gasteiger partial charge in [0.25, 0.3) is 0 Å². The Morgan fingerprint density at radius 2 is 2.12 bits per heavy atom. The van der Waals surface area contributed by atoms with Crippen LogP contribution in [0.4, 0.5) is 5.69 Å². The molecule has 0 fully saturated rings. The summed E-state index contributed by atoms with van der Waals surface area (Å²) in [6.45, 7) is 7.76. The van der Waals surface area contributed by atoms with Crippen LogP contribution >= 0.6 is 0 Å². The Bertz CT molecular complexity index is 446. The molecule has 0 bridgehead atoms. The zero-order chi connectivity index (χ0) is 12.6. The monoisotopic (exact) mass is 233 g/mol. The Balaban J connectivity index is 2.19. The van der Waals surface area contributed by atoms with E-state index in [-0.39, 0.29) is 5.97 Å². The van der Waals surface area contributed by atoms with Crippen molar-refractivity contribution < 1.29 is 9.53 Å². The molecule has 1 aromatic carbocycles. The molecule has 2 rings (SSSR count). The number of hydrogen-bond acceptors (Lipinski definition) is 3. The molecule has 1 N–H and O–H groups in total. The molecule has 0 amide bonds. The molecule has 0 radical (unpaired) electrons. The number of fused-ring (bicyclic) bond motifs is 1. The summed E-state index contributed by atoms with van der Waals surface area (Å²) in [5, 5.41) is 3.36. The van der Waals surface area contributed by atoms with Crippen molar-refractivity contribution in [3.8, 4) is 0 Å². The summed E-state index contributed by atoms with van der Waals surface area (Å²) in [5.74, 6) is -0.250.